The molecule has 1 saturated carbocycles. The largest absolute Gasteiger partial charge is 0.383 e. The third kappa shape index (κ3) is 5.17. The summed E-state index contributed by atoms with van der Waals surface area (Å²) in [5.41, 5.74) is 12.1. The quantitative estimate of drug-likeness (QED) is 0.258. The van der Waals surface area contributed by atoms with Gasteiger partial charge in [-0.3, -0.25) is 4.90 Å². The third-order valence-corrected chi connectivity index (χ3v) is 9.29. The number of nitrogens with zero attached hydrogens (tertiary/aromatic N) is 7. The standard InChI is InChI=1S/C32H36ClN9/c1-20-26-12-5-22(33)17-28(26)39-32(37-20)38-23-6-3-21(4-7-23)27-18-42(31-29(27)30(34)35-19-36-31)25-10-8-24(9-11-25)41-15-13-40(2)14-16-41/h3-7,12,17-19,24-25H,8-11,13-16H2,1-2H3,(H2,34,35,36)(H,37,38,39). The van der Waals surface area contributed by atoms with Gasteiger partial charge in [0.15, 0.2) is 0 Å². The average Bonchev–Trinajstić information content (AvgIpc) is 3.39. The smallest absolute Gasteiger partial charge is 0.228 e. The zero-order chi connectivity index (χ0) is 28.8. The van der Waals surface area contributed by atoms with Crippen LogP contribution in [0.4, 0.5) is 17.5 Å². The molecule has 0 bridgehead atoms. The maximum absolute atomic E-state index is 6.46. The first kappa shape index (κ1) is 27.1. The van der Waals surface area contributed by atoms with Crippen LogP contribution < -0.4 is 11.1 Å². The first-order valence-corrected chi connectivity index (χ1v) is 15.2. The number of nitrogens with one attached hydrogen (secondary N) is 1. The molecule has 0 atom stereocenters. The van der Waals surface area contributed by atoms with Gasteiger partial charge in [-0.2, -0.15) is 0 Å². The highest BCUT2D eigenvalue weighted by molar-refractivity contribution is 6.31. The number of anilines is 3. The lowest BCUT2D eigenvalue weighted by molar-refractivity contribution is 0.0828. The summed E-state index contributed by atoms with van der Waals surface area (Å²) in [6.45, 7) is 6.67. The molecule has 42 heavy (non-hydrogen) atoms. The van der Waals surface area contributed by atoms with Crippen molar-refractivity contribution in [3.63, 3.8) is 0 Å². The molecule has 2 aromatic carbocycles. The van der Waals surface area contributed by atoms with Gasteiger partial charge in [-0.1, -0.05) is 23.7 Å². The number of nitrogens with two attached hydrogens (primary N) is 1. The van der Waals surface area contributed by atoms with E-state index < -0.39 is 0 Å². The number of piperazine rings is 1. The molecule has 0 spiro atoms. The van der Waals surface area contributed by atoms with E-state index in [0.717, 1.165) is 57.3 Å². The molecule has 1 saturated heterocycles. The molecule has 1 aliphatic heterocycles. The number of benzene rings is 2. The van der Waals surface area contributed by atoms with Crippen LogP contribution in [-0.4, -0.2) is 73.6 Å². The number of fused-ring (bicyclic) bond motifs is 2. The second-order valence-electron chi connectivity index (χ2n) is 11.7. The SMILES string of the molecule is Cc1nc(Nc2ccc(-c3cn(C4CCC(N5CCN(C)CC5)CC4)c4ncnc(N)c34)cc2)nc2cc(Cl)ccc12. The van der Waals surface area contributed by atoms with Crippen LogP contribution in [0, 0.1) is 6.92 Å². The van der Waals surface area contributed by atoms with E-state index in [9.17, 15) is 0 Å². The van der Waals surface area contributed by atoms with Gasteiger partial charge < -0.3 is 20.5 Å². The molecule has 2 fully saturated rings. The fourth-order valence-electron chi connectivity index (χ4n) is 6.67. The maximum Gasteiger partial charge on any atom is 0.228 e. The normalized spacial score (nSPS) is 20.4. The molecule has 0 radical (unpaired) electrons. The van der Waals surface area contributed by atoms with E-state index in [1.807, 2.05) is 37.3 Å². The Bertz CT molecular complexity index is 1730. The zero-order valence-electron chi connectivity index (χ0n) is 24.1. The topological polar surface area (TPSA) is 101 Å². The van der Waals surface area contributed by atoms with Gasteiger partial charge in [-0.15, -0.1) is 0 Å². The third-order valence-electron chi connectivity index (χ3n) is 9.05. The number of aromatic nitrogens is 5. The van der Waals surface area contributed by atoms with Crippen LogP contribution in [0.15, 0.2) is 55.0 Å². The van der Waals surface area contributed by atoms with Gasteiger partial charge in [0.05, 0.1) is 16.6 Å². The number of halogens is 1. The minimum absolute atomic E-state index is 0.405. The Labute approximate surface area is 250 Å². The van der Waals surface area contributed by atoms with Crippen LogP contribution in [0.2, 0.25) is 5.02 Å². The van der Waals surface area contributed by atoms with Crippen molar-refractivity contribution in [2.24, 2.45) is 0 Å². The first-order valence-electron chi connectivity index (χ1n) is 14.8. The highest BCUT2D eigenvalue weighted by Gasteiger charge is 2.30. The van der Waals surface area contributed by atoms with Crippen molar-refractivity contribution in [1.82, 2.24) is 34.3 Å². The summed E-state index contributed by atoms with van der Waals surface area (Å²) in [4.78, 5) is 23.5. The highest BCUT2D eigenvalue weighted by Crippen LogP contribution is 2.39. The van der Waals surface area contributed by atoms with Gasteiger partial charge in [-0.25, -0.2) is 19.9 Å². The second kappa shape index (κ2) is 11.1. The molecule has 7 rings (SSSR count). The van der Waals surface area contributed by atoms with Crippen LogP contribution in [0.1, 0.15) is 37.4 Å². The van der Waals surface area contributed by atoms with Crippen molar-refractivity contribution in [3.8, 4) is 11.1 Å². The van der Waals surface area contributed by atoms with Crippen molar-refractivity contribution in [2.45, 2.75) is 44.7 Å². The predicted molar refractivity (Wildman–Crippen MR) is 170 cm³/mol. The molecule has 10 heteroatoms. The number of hydrogen-bond donors (Lipinski definition) is 2. The Balaban J connectivity index is 1.13. The molecule has 2 aliphatic rings. The predicted octanol–water partition coefficient (Wildman–Crippen LogP) is 6.06. The van der Waals surface area contributed by atoms with Crippen LogP contribution in [0.3, 0.4) is 0 Å². The summed E-state index contributed by atoms with van der Waals surface area (Å²) in [5.74, 6) is 1.05. The van der Waals surface area contributed by atoms with Crippen molar-refractivity contribution in [2.75, 3.05) is 44.3 Å². The van der Waals surface area contributed by atoms with E-state index in [1.54, 1.807) is 6.33 Å². The fraction of sp³-hybridized carbons (Fsp3) is 0.375. The fourth-order valence-corrected chi connectivity index (χ4v) is 6.84. The second-order valence-corrected chi connectivity index (χ2v) is 12.1. The number of hydrogen-bond acceptors (Lipinski definition) is 8. The lowest BCUT2D eigenvalue weighted by atomic mass is 9.89. The van der Waals surface area contributed by atoms with Gasteiger partial charge >= 0.3 is 0 Å². The Morgan fingerprint density at radius 3 is 2.40 bits per heavy atom. The molecule has 1 aliphatic carbocycles. The molecule has 0 amide bonds. The van der Waals surface area contributed by atoms with Crippen LogP contribution in [0.25, 0.3) is 33.1 Å². The molecule has 3 N–H and O–H groups in total. The van der Waals surface area contributed by atoms with Gasteiger partial charge in [0.25, 0.3) is 0 Å². The number of nitrogen functional groups attached to an aromatic ring is 1. The Morgan fingerprint density at radius 2 is 1.64 bits per heavy atom. The van der Waals surface area contributed by atoms with E-state index in [1.165, 1.54) is 39.0 Å². The molecule has 4 heterocycles. The number of aryl methyl sites for hydroxylation is 1. The molecule has 3 aromatic heterocycles. The molecule has 216 valence electrons. The van der Waals surface area contributed by atoms with Gasteiger partial charge in [-0.05, 0) is 75.5 Å². The van der Waals surface area contributed by atoms with Crippen molar-refractivity contribution < 1.29 is 0 Å². The van der Waals surface area contributed by atoms with E-state index in [-0.39, 0.29) is 0 Å². The minimum Gasteiger partial charge on any atom is -0.383 e. The lowest BCUT2D eigenvalue weighted by Crippen LogP contribution is -2.49. The van der Waals surface area contributed by atoms with Crippen LogP contribution >= 0.6 is 11.6 Å². The van der Waals surface area contributed by atoms with E-state index >= 15 is 0 Å². The molecular formula is C32H36ClN9. The van der Waals surface area contributed by atoms with Crippen LogP contribution in [-0.2, 0) is 0 Å². The molecule has 5 aromatic rings. The monoisotopic (exact) mass is 581 g/mol. The van der Waals surface area contributed by atoms with Gasteiger partial charge in [0, 0.05) is 66.1 Å². The summed E-state index contributed by atoms with van der Waals surface area (Å²) >= 11 is 6.20. The molecule has 0 unspecified atom stereocenters. The Morgan fingerprint density at radius 1 is 0.905 bits per heavy atom. The van der Waals surface area contributed by atoms with Gasteiger partial charge in [0.2, 0.25) is 5.95 Å². The highest BCUT2D eigenvalue weighted by atomic mass is 35.5. The van der Waals surface area contributed by atoms with Crippen LogP contribution in [0.5, 0.6) is 0 Å². The molecular weight excluding hydrogens is 546 g/mol. The Hall–Kier alpha value is -3.79. The van der Waals surface area contributed by atoms with Crippen molar-refractivity contribution in [3.05, 3.63) is 65.7 Å². The Kier molecular flexibility index (Phi) is 7.17. The van der Waals surface area contributed by atoms with Crippen molar-refractivity contribution >= 4 is 51.0 Å². The van der Waals surface area contributed by atoms with E-state index in [2.05, 4.69) is 60.0 Å². The lowest BCUT2D eigenvalue weighted by Gasteiger charge is -2.41. The van der Waals surface area contributed by atoms with Crippen molar-refractivity contribution in [1.29, 1.82) is 0 Å². The van der Waals surface area contributed by atoms with E-state index in [0.29, 0.717) is 28.9 Å². The number of likely N-dealkylation sites (N-methyl/N-ethyl adjacent to an activating group) is 1. The summed E-state index contributed by atoms with van der Waals surface area (Å²) in [6, 6.07) is 15.1. The first-order chi connectivity index (χ1) is 20.4. The van der Waals surface area contributed by atoms with E-state index in [4.69, 9.17) is 22.3 Å². The summed E-state index contributed by atoms with van der Waals surface area (Å²) in [7, 11) is 2.22. The van der Waals surface area contributed by atoms with Gasteiger partial charge in [0.1, 0.15) is 17.8 Å². The maximum atomic E-state index is 6.46. The minimum atomic E-state index is 0.405. The average molecular weight is 582 g/mol. The summed E-state index contributed by atoms with van der Waals surface area (Å²) in [5, 5.41) is 5.91. The summed E-state index contributed by atoms with van der Waals surface area (Å²) in [6.07, 6.45) is 8.53. The zero-order valence-corrected chi connectivity index (χ0v) is 24.8. The number of rotatable bonds is 5. The summed E-state index contributed by atoms with van der Waals surface area (Å²) < 4.78 is 2.35. The molecule has 9 nitrogen and oxygen atoms in total.